The van der Waals surface area contributed by atoms with Gasteiger partial charge in [-0.05, 0) is 60.8 Å². The van der Waals surface area contributed by atoms with Crippen LogP contribution < -0.4 is 19.4 Å². The fraction of sp³-hybridized carbons (Fsp3) is 0.394. The second-order valence-corrected chi connectivity index (χ2v) is 21.1. The summed E-state index contributed by atoms with van der Waals surface area (Å²) in [6, 6.07) is 14.1. The van der Waals surface area contributed by atoms with Crippen LogP contribution in [0.4, 0.5) is 10.5 Å². The van der Waals surface area contributed by atoms with Crippen molar-refractivity contribution in [1.29, 1.82) is 0 Å². The van der Waals surface area contributed by atoms with Crippen LogP contribution in [0.25, 0.3) is 21.7 Å². The molecule has 45 heavy (non-hydrogen) atoms. The van der Waals surface area contributed by atoms with Gasteiger partial charge in [0.05, 0.1) is 18.2 Å². The van der Waals surface area contributed by atoms with Crippen molar-refractivity contribution < 1.29 is 28.1 Å². The van der Waals surface area contributed by atoms with Gasteiger partial charge < -0.3 is 23.8 Å². The number of rotatable bonds is 10. The van der Waals surface area contributed by atoms with Crippen LogP contribution in [0.3, 0.4) is 0 Å². The third-order valence-corrected chi connectivity index (χ3v) is 12.9. The molecule has 0 atom stereocenters. The Bertz CT molecular complexity index is 1780. The van der Waals surface area contributed by atoms with Crippen LogP contribution in [-0.4, -0.2) is 63.6 Å². The Balaban J connectivity index is 1.84. The van der Waals surface area contributed by atoms with E-state index in [4.69, 9.17) is 13.9 Å². The number of hydrogen-bond acceptors (Lipinski definition) is 8. The second-order valence-electron chi connectivity index (χ2n) is 13.0. The quantitative estimate of drug-likeness (QED) is 0.137. The standard InChI is InChI=1S/C33H43N4O6PSi/c1-10-41-32(39)37(5)29-25-19-34-28(31(38)36-18-22-15-16-23-13-11-12-14-24(23)17-22)30(43-45(8,9)33(2,3)4)27(25)35-20-26(29)42-21-44(6,7)40/h11-17,19-20H,10,18,21H2,1-9H3,(H,36,38). The number of aromatic nitrogens is 2. The predicted molar refractivity (Wildman–Crippen MR) is 183 cm³/mol. The van der Waals surface area contributed by atoms with E-state index in [9.17, 15) is 14.2 Å². The first kappa shape index (κ1) is 33.9. The number of fused-ring (bicyclic) bond motifs is 2. The fourth-order valence-corrected chi connectivity index (χ4v) is 5.83. The topological polar surface area (TPSA) is 120 Å². The Labute approximate surface area is 266 Å². The largest absolute Gasteiger partial charge is 0.540 e. The maximum atomic E-state index is 13.8. The number of ether oxygens (including phenoxy) is 2. The average molecular weight is 651 g/mol. The van der Waals surface area contributed by atoms with Crippen LogP contribution in [0.5, 0.6) is 11.5 Å². The summed E-state index contributed by atoms with van der Waals surface area (Å²) in [5.74, 6) is 0.0477. The van der Waals surface area contributed by atoms with Crippen molar-refractivity contribution in [2.24, 2.45) is 0 Å². The van der Waals surface area contributed by atoms with Crippen LogP contribution in [0.1, 0.15) is 43.7 Å². The van der Waals surface area contributed by atoms with E-state index >= 15 is 0 Å². The molecule has 240 valence electrons. The molecular formula is C33H43N4O6PSi. The van der Waals surface area contributed by atoms with Gasteiger partial charge in [0.15, 0.2) is 17.2 Å². The highest BCUT2D eigenvalue weighted by atomic mass is 31.2. The van der Waals surface area contributed by atoms with Crippen molar-refractivity contribution in [3.05, 3.63) is 66.1 Å². The number of carbonyl (C=O) groups is 2. The Kier molecular flexibility index (Phi) is 9.94. The smallest absolute Gasteiger partial charge is 0.414 e. The van der Waals surface area contributed by atoms with E-state index in [-0.39, 0.29) is 41.7 Å². The predicted octanol–water partition coefficient (Wildman–Crippen LogP) is 7.65. The van der Waals surface area contributed by atoms with Gasteiger partial charge in [-0.15, -0.1) is 0 Å². The molecule has 0 unspecified atom stereocenters. The highest BCUT2D eigenvalue weighted by Crippen LogP contribution is 2.44. The lowest BCUT2D eigenvalue weighted by atomic mass is 10.1. The Morgan fingerprint density at radius 2 is 1.71 bits per heavy atom. The molecule has 0 saturated heterocycles. The molecule has 0 radical (unpaired) electrons. The van der Waals surface area contributed by atoms with Crippen molar-refractivity contribution >= 4 is 54.8 Å². The van der Waals surface area contributed by atoms with E-state index in [1.807, 2.05) is 42.5 Å². The van der Waals surface area contributed by atoms with Crippen LogP contribution >= 0.6 is 7.14 Å². The van der Waals surface area contributed by atoms with Crippen LogP contribution in [0.2, 0.25) is 18.1 Å². The lowest BCUT2D eigenvalue weighted by Crippen LogP contribution is -2.44. The molecular weight excluding hydrogens is 607 g/mol. The van der Waals surface area contributed by atoms with Gasteiger partial charge in [0.2, 0.25) is 0 Å². The van der Waals surface area contributed by atoms with Gasteiger partial charge in [-0.3, -0.25) is 9.69 Å². The SMILES string of the molecule is CCOC(=O)N(C)c1c(OCP(C)(C)=O)cnc2c(O[Si](C)(C)C(C)(C)C)c(C(=O)NCc3ccc4ccccc4c3)ncc12. The molecule has 0 saturated carbocycles. The third-order valence-electron chi connectivity index (χ3n) is 7.86. The number of carbonyl (C=O) groups excluding carboxylic acids is 2. The van der Waals surface area contributed by atoms with Crippen LogP contribution in [0.15, 0.2) is 54.9 Å². The molecule has 12 heteroatoms. The lowest BCUT2D eigenvalue weighted by Gasteiger charge is -2.37. The summed E-state index contributed by atoms with van der Waals surface area (Å²) in [6.45, 7) is 15.9. The van der Waals surface area contributed by atoms with Crippen LogP contribution in [0, 0.1) is 0 Å². The Hall–Kier alpha value is -3.95. The summed E-state index contributed by atoms with van der Waals surface area (Å²) in [7, 11) is -3.55. The van der Waals surface area contributed by atoms with Gasteiger partial charge in [0, 0.05) is 19.8 Å². The molecule has 4 aromatic rings. The van der Waals surface area contributed by atoms with E-state index in [2.05, 4.69) is 49.1 Å². The van der Waals surface area contributed by atoms with Crippen LogP contribution in [-0.2, 0) is 15.8 Å². The molecule has 2 amide bonds. The monoisotopic (exact) mass is 650 g/mol. The molecule has 1 N–H and O–H groups in total. The maximum absolute atomic E-state index is 13.8. The normalized spacial score (nSPS) is 12.2. The van der Waals surface area contributed by atoms with Crippen molar-refractivity contribution in [3.63, 3.8) is 0 Å². The molecule has 0 fully saturated rings. The molecule has 4 rings (SSSR count). The molecule has 2 aromatic heterocycles. The summed E-state index contributed by atoms with van der Waals surface area (Å²) >= 11 is 0. The molecule has 0 aliphatic heterocycles. The van der Waals surface area contributed by atoms with E-state index in [1.165, 1.54) is 17.3 Å². The van der Waals surface area contributed by atoms with E-state index in [0.717, 1.165) is 16.3 Å². The van der Waals surface area contributed by atoms with Crippen molar-refractivity contribution in [1.82, 2.24) is 15.3 Å². The minimum absolute atomic E-state index is 0.0557. The Morgan fingerprint density at radius 1 is 1.02 bits per heavy atom. The zero-order chi connectivity index (χ0) is 33.2. The lowest BCUT2D eigenvalue weighted by molar-refractivity contribution is 0.0944. The number of benzene rings is 2. The fourth-order valence-electron chi connectivity index (χ4n) is 4.37. The van der Waals surface area contributed by atoms with Crippen molar-refractivity contribution in [2.45, 2.75) is 52.4 Å². The molecule has 0 aliphatic carbocycles. The van der Waals surface area contributed by atoms with Gasteiger partial charge >= 0.3 is 6.09 Å². The second kappa shape index (κ2) is 13.2. The number of pyridine rings is 2. The molecule has 10 nitrogen and oxygen atoms in total. The highest BCUT2D eigenvalue weighted by molar-refractivity contribution is 7.62. The van der Waals surface area contributed by atoms with Gasteiger partial charge in [-0.2, -0.15) is 0 Å². The minimum atomic E-state index is -2.57. The summed E-state index contributed by atoms with van der Waals surface area (Å²) in [5.41, 5.74) is 1.70. The first-order chi connectivity index (χ1) is 21.0. The highest BCUT2D eigenvalue weighted by Gasteiger charge is 2.41. The number of nitrogens with one attached hydrogen (secondary N) is 1. The van der Waals surface area contributed by atoms with Gasteiger partial charge in [-0.1, -0.05) is 57.2 Å². The summed E-state index contributed by atoms with van der Waals surface area (Å²) < 4.78 is 30.5. The molecule has 2 heterocycles. The van der Waals surface area contributed by atoms with Crippen molar-refractivity contribution in [2.75, 3.05) is 38.2 Å². The maximum Gasteiger partial charge on any atom is 0.414 e. The zero-order valence-corrected chi connectivity index (χ0v) is 29.5. The molecule has 0 bridgehead atoms. The minimum Gasteiger partial charge on any atom is -0.540 e. The first-order valence-electron chi connectivity index (χ1n) is 14.9. The van der Waals surface area contributed by atoms with Crippen molar-refractivity contribution in [3.8, 4) is 11.5 Å². The van der Waals surface area contributed by atoms with E-state index in [1.54, 1.807) is 27.3 Å². The first-order valence-corrected chi connectivity index (χ1v) is 20.6. The van der Waals surface area contributed by atoms with E-state index < -0.39 is 27.5 Å². The van der Waals surface area contributed by atoms with Gasteiger partial charge in [0.1, 0.15) is 24.7 Å². The van der Waals surface area contributed by atoms with Gasteiger partial charge in [-0.25, -0.2) is 14.8 Å². The number of nitrogens with zero attached hydrogens (tertiary/aromatic N) is 3. The number of hydrogen-bond donors (Lipinski definition) is 1. The summed E-state index contributed by atoms with van der Waals surface area (Å²) in [5, 5.41) is 5.41. The number of amides is 2. The Morgan fingerprint density at radius 3 is 2.36 bits per heavy atom. The summed E-state index contributed by atoms with van der Waals surface area (Å²) in [4.78, 5) is 37.3. The van der Waals surface area contributed by atoms with Gasteiger partial charge in [0.25, 0.3) is 14.2 Å². The number of anilines is 1. The zero-order valence-electron chi connectivity index (χ0n) is 27.6. The summed E-state index contributed by atoms with van der Waals surface area (Å²) in [6.07, 6.45) is 2.27. The molecule has 0 aliphatic rings. The molecule has 0 spiro atoms. The third kappa shape index (κ3) is 7.83. The average Bonchev–Trinajstić information content (AvgIpc) is 2.97. The van der Waals surface area contributed by atoms with E-state index in [0.29, 0.717) is 16.6 Å². The molecule has 2 aromatic carbocycles.